The number of hydrogen-bond donors (Lipinski definition) is 1. The minimum atomic E-state index is -0.743. The van der Waals surface area contributed by atoms with Crippen molar-refractivity contribution in [2.45, 2.75) is 40.2 Å². The Morgan fingerprint density at radius 1 is 1.08 bits per heavy atom. The van der Waals surface area contributed by atoms with E-state index >= 15 is 0 Å². The first kappa shape index (κ1) is 27.5. The highest BCUT2D eigenvalue weighted by molar-refractivity contribution is 6.46. The van der Waals surface area contributed by atoms with Gasteiger partial charge < -0.3 is 29.1 Å². The zero-order chi connectivity index (χ0) is 27.2. The predicted octanol–water partition coefficient (Wildman–Crippen LogP) is 4.65. The Hall–Kier alpha value is -3.52. The molecule has 4 rings (SSSR count). The summed E-state index contributed by atoms with van der Waals surface area (Å²) in [6.45, 7) is 12.5. The fourth-order valence-electron chi connectivity index (χ4n) is 4.78. The Balaban J connectivity index is 1.75. The number of likely N-dealkylation sites (tertiary alicyclic amines) is 1. The smallest absolute Gasteiger partial charge is 0.295 e. The number of Topliss-reactive ketones (excluding diaryl/α,β-unsaturated/α-hetero) is 1. The van der Waals surface area contributed by atoms with Crippen LogP contribution in [0.15, 0.2) is 48.0 Å². The van der Waals surface area contributed by atoms with E-state index in [0.29, 0.717) is 67.2 Å². The average Bonchev–Trinajstić information content (AvgIpc) is 3.18. The van der Waals surface area contributed by atoms with Crippen molar-refractivity contribution >= 4 is 17.4 Å². The van der Waals surface area contributed by atoms with Crippen molar-refractivity contribution in [3.05, 3.63) is 59.2 Å². The minimum Gasteiger partial charge on any atom is -0.507 e. The van der Waals surface area contributed by atoms with E-state index in [0.717, 1.165) is 19.5 Å². The first-order chi connectivity index (χ1) is 18.3. The highest BCUT2D eigenvalue weighted by atomic mass is 16.6. The molecule has 1 amide bonds. The van der Waals surface area contributed by atoms with E-state index in [9.17, 15) is 14.7 Å². The summed E-state index contributed by atoms with van der Waals surface area (Å²) in [6, 6.07) is 11.7. The summed E-state index contributed by atoms with van der Waals surface area (Å²) >= 11 is 0. The highest BCUT2D eigenvalue weighted by Gasteiger charge is 2.46. The molecular weight excluding hydrogens is 484 g/mol. The van der Waals surface area contributed by atoms with Crippen LogP contribution in [0.1, 0.15) is 51.3 Å². The van der Waals surface area contributed by atoms with Gasteiger partial charge in [0.1, 0.15) is 24.7 Å². The summed E-state index contributed by atoms with van der Waals surface area (Å²) in [5.74, 6) is 0.693. The monoisotopic (exact) mass is 522 g/mol. The molecule has 2 aromatic rings. The van der Waals surface area contributed by atoms with Crippen molar-refractivity contribution in [1.29, 1.82) is 0 Å². The second kappa shape index (κ2) is 12.3. The molecular formula is C30H38N2O6. The standard InChI is InChI=1S/C30H38N2O6/c1-5-31(6-2)13-14-32-27(21-8-7-9-23(18-21)36-15-12-20(3)4)26(29(34)30(32)35)28(33)22-10-11-24-25(19-22)38-17-16-37-24/h7-11,18-20,27,33H,5-6,12-17H2,1-4H3/t27-/m0/s1. The van der Waals surface area contributed by atoms with Gasteiger partial charge in [-0.3, -0.25) is 9.59 Å². The molecule has 38 heavy (non-hydrogen) atoms. The van der Waals surface area contributed by atoms with Gasteiger partial charge in [0.15, 0.2) is 11.5 Å². The number of nitrogens with zero attached hydrogens (tertiary/aromatic N) is 2. The van der Waals surface area contributed by atoms with Crippen LogP contribution < -0.4 is 14.2 Å². The normalized spacial score (nSPS) is 18.5. The lowest BCUT2D eigenvalue weighted by Gasteiger charge is -2.28. The second-order valence-electron chi connectivity index (χ2n) is 9.98. The number of carbonyl (C=O) groups excluding carboxylic acids is 2. The van der Waals surface area contributed by atoms with E-state index in [1.165, 1.54) is 0 Å². The molecule has 1 atom stereocenters. The first-order valence-electron chi connectivity index (χ1n) is 13.5. The van der Waals surface area contributed by atoms with E-state index in [2.05, 4.69) is 32.6 Å². The second-order valence-corrected chi connectivity index (χ2v) is 9.98. The average molecular weight is 523 g/mol. The van der Waals surface area contributed by atoms with Crippen molar-refractivity contribution in [1.82, 2.24) is 9.80 Å². The van der Waals surface area contributed by atoms with Gasteiger partial charge in [-0.2, -0.15) is 0 Å². The predicted molar refractivity (Wildman–Crippen MR) is 146 cm³/mol. The first-order valence-corrected chi connectivity index (χ1v) is 13.5. The molecule has 2 aliphatic heterocycles. The zero-order valence-electron chi connectivity index (χ0n) is 22.7. The van der Waals surface area contributed by atoms with Crippen LogP contribution in [0, 0.1) is 5.92 Å². The van der Waals surface area contributed by atoms with Crippen LogP contribution in [0.5, 0.6) is 17.2 Å². The molecule has 1 N–H and O–H groups in total. The van der Waals surface area contributed by atoms with E-state index in [1.807, 2.05) is 24.3 Å². The quantitative estimate of drug-likeness (QED) is 0.261. The van der Waals surface area contributed by atoms with E-state index in [-0.39, 0.29) is 11.3 Å². The minimum absolute atomic E-state index is 0.0607. The number of aliphatic hydroxyl groups excluding tert-OH is 1. The van der Waals surface area contributed by atoms with Crippen molar-refractivity contribution in [3.63, 3.8) is 0 Å². The van der Waals surface area contributed by atoms with Gasteiger partial charge >= 0.3 is 0 Å². The van der Waals surface area contributed by atoms with Gasteiger partial charge in [0, 0.05) is 18.7 Å². The van der Waals surface area contributed by atoms with Crippen LogP contribution >= 0.6 is 0 Å². The van der Waals surface area contributed by atoms with E-state index in [4.69, 9.17) is 14.2 Å². The van der Waals surface area contributed by atoms with Crippen molar-refractivity contribution in [3.8, 4) is 17.2 Å². The summed E-state index contributed by atoms with van der Waals surface area (Å²) in [5, 5.41) is 11.4. The molecule has 1 saturated heterocycles. The molecule has 8 nitrogen and oxygen atoms in total. The summed E-state index contributed by atoms with van der Waals surface area (Å²) in [7, 11) is 0. The third-order valence-electron chi connectivity index (χ3n) is 7.04. The van der Waals surface area contributed by atoms with Crippen LogP contribution in [0.4, 0.5) is 0 Å². The molecule has 0 radical (unpaired) electrons. The maximum Gasteiger partial charge on any atom is 0.295 e. The number of carbonyl (C=O) groups is 2. The van der Waals surface area contributed by atoms with Gasteiger partial charge in [0.25, 0.3) is 11.7 Å². The molecule has 0 saturated carbocycles. The van der Waals surface area contributed by atoms with Crippen LogP contribution in [-0.2, 0) is 9.59 Å². The Bertz CT molecular complexity index is 1190. The van der Waals surface area contributed by atoms with Gasteiger partial charge in [0.2, 0.25) is 0 Å². The number of ketones is 1. The lowest BCUT2D eigenvalue weighted by atomic mass is 9.95. The molecule has 2 aliphatic rings. The SMILES string of the molecule is CCN(CC)CCN1C(=O)C(=O)C(=C(O)c2ccc3c(c2)OCCO3)[C@@H]1c1cccc(OCCC(C)C)c1. The van der Waals surface area contributed by atoms with E-state index < -0.39 is 17.7 Å². The number of rotatable bonds is 11. The molecule has 0 unspecified atom stereocenters. The fourth-order valence-corrected chi connectivity index (χ4v) is 4.78. The summed E-state index contributed by atoms with van der Waals surface area (Å²) in [5.41, 5.74) is 1.17. The van der Waals surface area contributed by atoms with Crippen molar-refractivity contribution in [2.24, 2.45) is 5.92 Å². The maximum absolute atomic E-state index is 13.4. The zero-order valence-corrected chi connectivity index (χ0v) is 22.7. The van der Waals surface area contributed by atoms with Crippen LogP contribution in [0.2, 0.25) is 0 Å². The number of fused-ring (bicyclic) bond motifs is 1. The van der Waals surface area contributed by atoms with Crippen LogP contribution in [-0.4, -0.2) is 72.6 Å². The highest BCUT2D eigenvalue weighted by Crippen LogP contribution is 2.41. The molecule has 1 fully saturated rings. The van der Waals surface area contributed by atoms with Crippen molar-refractivity contribution in [2.75, 3.05) is 46.0 Å². The maximum atomic E-state index is 13.4. The number of ether oxygens (including phenoxy) is 3. The Morgan fingerprint density at radius 2 is 1.82 bits per heavy atom. The molecule has 0 aliphatic carbocycles. The number of aliphatic hydroxyl groups is 1. The third kappa shape index (κ3) is 5.96. The Morgan fingerprint density at radius 3 is 2.53 bits per heavy atom. The van der Waals surface area contributed by atoms with Gasteiger partial charge in [-0.15, -0.1) is 0 Å². The number of likely N-dealkylation sites (N-methyl/N-ethyl adjacent to an activating group) is 1. The summed E-state index contributed by atoms with van der Waals surface area (Å²) in [4.78, 5) is 30.5. The Kier molecular flexibility index (Phi) is 8.94. The Labute approximate surface area is 224 Å². The molecule has 2 heterocycles. The van der Waals surface area contributed by atoms with Crippen LogP contribution in [0.25, 0.3) is 5.76 Å². The van der Waals surface area contributed by atoms with Gasteiger partial charge in [-0.25, -0.2) is 0 Å². The van der Waals surface area contributed by atoms with Crippen LogP contribution in [0.3, 0.4) is 0 Å². The van der Waals surface area contributed by atoms with Gasteiger partial charge in [-0.05, 0) is 61.3 Å². The van der Waals surface area contributed by atoms with Crippen molar-refractivity contribution < 1.29 is 28.9 Å². The molecule has 0 bridgehead atoms. The molecule has 2 aromatic carbocycles. The largest absolute Gasteiger partial charge is 0.507 e. The van der Waals surface area contributed by atoms with E-state index in [1.54, 1.807) is 23.1 Å². The molecule has 0 spiro atoms. The molecule has 0 aromatic heterocycles. The molecule has 8 heteroatoms. The third-order valence-corrected chi connectivity index (χ3v) is 7.04. The fraction of sp³-hybridized carbons (Fsp3) is 0.467. The summed E-state index contributed by atoms with van der Waals surface area (Å²) < 4.78 is 17.2. The lowest BCUT2D eigenvalue weighted by molar-refractivity contribution is -0.140. The summed E-state index contributed by atoms with van der Waals surface area (Å²) in [6.07, 6.45) is 0.913. The lowest BCUT2D eigenvalue weighted by Crippen LogP contribution is -2.38. The number of hydrogen-bond acceptors (Lipinski definition) is 7. The van der Waals surface area contributed by atoms with Gasteiger partial charge in [-0.1, -0.05) is 39.8 Å². The van der Waals surface area contributed by atoms with Gasteiger partial charge in [0.05, 0.1) is 18.2 Å². The molecule has 204 valence electrons. The topological polar surface area (TPSA) is 88.5 Å². The number of amides is 1. The number of benzene rings is 2.